The van der Waals surface area contributed by atoms with Crippen LogP contribution in [0.3, 0.4) is 0 Å². The van der Waals surface area contributed by atoms with E-state index in [-0.39, 0.29) is 0 Å². The van der Waals surface area contributed by atoms with Gasteiger partial charge in [-0.2, -0.15) is 0 Å². The van der Waals surface area contributed by atoms with Crippen LogP contribution in [-0.2, 0) is 0 Å². The third kappa shape index (κ3) is 3.10. The van der Waals surface area contributed by atoms with Crippen LogP contribution in [0.25, 0.3) is 10.2 Å². The van der Waals surface area contributed by atoms with Crippen LogP contribution in [0, 0.1) is 19.8 Å². The summed E-state index contributed by atoms with van der Waals surface area (Å²) in [5.74, 6) is 1.66. The number of hydrogen-bond donors (Lipinski definition) is 1. The molecule has 0 amide bonds. The van der Waals surface area contributed by atoms with Gasteiger partial charge in [0, 0.05) is 18.0 Å². The fourth-order valence-electron chi connectivity index (χ4n) is 2.41. The van der Waals surface area contributed by atoms with Gasteiger partial charge in [0.25, 0.3) is 0 Å². The van der Waals surface area contributed by atoms with E-state index in [1.165, 1.54) is 15.8 Å². The Kier molecular flexibility index (Phi) is 4.94. The summed E-state index contributed by atoms with van der Waals surface area (Å²) in [5, 5.41) is 1.22. The average molecular weight is 292 g/mol. The number of aromatic nitrogens is 2. The lowest BCUT2D eigenvalue weighted by molar-refractivity contribution is 0.597. The minimum atomic E-state index is 0.595. The maximum Gasteiger partial charge on any atom is 0.141 e. The Morgan fingerprint density at radius 2 is 2.05 bits per heavy atom. The van der Waals surface area contributed by atoms with Crippen LogP contribution >= 0.6 is 11.3 Å². The zero-order valence-electron chi connectivity index (χ0n) is 12.8. The SMILES string of the molecule is Cc1sc2ncnc(N(CCCN)CC(C)C)c2c1C. The van der Waals surface area contributed by atoms with Gasteiger partial charge < -0.3 is 10.6 Å². The van der Waals surface area contributed by atoms with Gasteiger partial charge in [-0.3, -0.25) is 0 Å². The molecule has 0 radical (unpaired) electrons. The number of thiophene rings is 1. The van der Waals surface area contributed by atoms with Crippen molar-refractivity contribution < 1.29 is 0 Å². The quantitative estimate of drug-likeness (QED) is 0.889. The van der Waals surface area contributed by atoms with Crippen LogP contribution < -0.4 is 10.6 Å². The van der Waals surface area contributed by atoms with Crippen molar-refractivity contribution >= 4 is 27.4 Å². The highest BCUT2D eigenvalue weighted by Crippen LogP contribution is 2.34. The predicted octanol–water partition coefficient (Wildman–Crippen LogP) is 3.12. The van der Waals surface area contributed by atoms with E-state index < -0.39 is 0 Å². The highest BCUT2D eigenvalue weighted by atomic mass is 32.1. The summed E-state index contributed by atoms with van der Waals surface area (Å²) in [4.78, 5) is 13.8. The molecule has 0 spiro atoms. The van der Waals surface area contributed by atoms with E-state index >= 15 is 0 Å². The molecule has 0 unspecified atom stereocenters. The second-order valence-corrected chi connectivity index (χ2v) is 6.85. The highest BCUT2D eigenvalue weighted by molar-refractivity contribution is 7.18. The summed E-state index contributed by atoms with van der Waals surface area (Å²) in [6.45, 7) is 11.5. The number of nitrogens with zero attached hydrogens (tertiary/aromatic N) is 3. The second kappa shape index (κ2) is 6.50. The number of fused-ring (bicyclic) bond motifs is 1. The standard InChI is InChI=1S/C15H24N4S/c1-10(2)8-19(7-5-6-16)14-13-11(3)12(4)20-15(13)18-9-17-14/h9-10H,5-8,16H2,1-4H3. The van der Waals surface area contributed by atoms with Gasteiger partial charge in [-0.25, -0.2) is 9.97 Å². The Labute approximate surface area is 125 Å². The molecule has 0 aliphatic carbocycles. The lowest BCUT2D eigenvalue weighted by atomic mass is 10.1. The molecule has 0 saturated carbocycles. The monoisotopic (exact) mass is 292 g/mol. The van der Waals surface area contributed by atoms with E-state index in [9.17, 15) is 0 Å². The van der Waals surface area contributed by atoms with Gasteiger partial charge in [-0.1, -0.05) is 13.8 Å². The van der Waals surface area contributed by atoms with Crippen LogP contribution in [-0.4, -0.2) is 29.6 Å². The van der Waals surface area contributed by atoms with Crippen molar-refractivity contribution in [1.82, 2.24) is 9.97 Å². The lowest BCUT2D eigenvalue weighted by Gasteiger charge is -2.26. The van der Waals surface area contributed by atoms with Gasteiger partial charge in [-0.05, 0) is 38.3 Å². The third-order valence-electron chi connectivity index (χ3n) is 3.46. The molecule has 0 bridgehead atoms. The number of hydrogen-bond acceptors (Lipinski definition) is 5. The van der Waals surface area contributed by atoms with Crippen molar-refractivity contribution in [2.24, 2.45) is 11.7 Å². The minimum absolute atomic E-state index is 0.595. The lowest BCUT2D eigenvalue weighted by Crippen LogP contribution is -2.31. The Balaban J connectivity index is 2.46. The van der Waals surface area contributed by atoms with E-state index in [2.05, 4.69) is 42.6 Å². The molecule has 0 aromatic carbocycles. The summed E-state index contributed by atoms with van der Waals surface area (Å²) in [6.07, 6.45) is 2.67. The van der Waals surface area contributed by atoms with Gasteiger partial charge >= 0.3 is 0 Å². The van der Waals surface area contributed by atoms with Crippen LogP contribution in [0.5, 0.6) is 0 Å². The van der Waals surface area contributed by atoms with Crippen molar-refractivity contribution in [3.63, 3.8) is 0 Å². The summed E-state index contributed by atoms with van der Waals surface area (Å²) in [5.41, 5.74) is 6.98. The largest absolute Gasteiger partial charge is 0.356 e. The molecular formula is C15H24N4S. The molecule has 20 heavy (non-hydrogen) atoms. The Morgan fingerprint density at radius 3 is 2.70 bits per heavy atom. The summed E-state index contributed by atoms with van der Waals surface area (Å²) in [6, 6.07) is 0. The van der Waals surface area contributed by atoms with Crippen LogP contribution in [0.2, 0.25) is 0 Å². The molecule has 0 fully saturated rings. The number of rotatable bonds is 6. The van der Waals surface area contributed by atoms with E-state index in [0.29, 0.717) is 12.5 Å². The zero-order valence-corrected chi connectivity index (χ0v) is 13.6. The normalized spacial score (nSPS) is 11.5. The second-order valence-electron chi connectivity index (χ2n) is 5.64. The predicted molar refractivity (Wildman–Crippen MR) is 87.6 cm³/mol. The zero-order chi connectivity index (χ0) is 14.7. The maximum absolute atomic E-state index is 5.67. The highest BCUT2D eigenvalue weighted by Gasteiger charge is 2.17. The molecule has 2 aromatic heterocycles. The van der Waals surface area contributed by atoms with Crippen molar-refractivity contribution in [3.05, 3.63) is 16.8 Å². The van der Waals surface area contributed by atoms with E-state index in [4.69, 9.17) is 5.73 Å². The van der Waals surface area contributed by atoms with Crippen molar-refractivity contribution in [3.8, 4) is 0 Å². The van der Waals surface area contributed by atoms with Gasteiger partial charge in [0.15, 0.2) is 0 Å². The first kappa shape index (κ1) is 15.2. The van der Waals surface area contributed by atoms with Gasteiger partial charge in [0.1, 0.15) is 17.0 Å². The van der Waals surface area contributed by atoms with Crippen LogP contribution in [0.4, 0.5) is 5.82 Å². The van der Waals surface area contributed by atoms with Crippen molar-refractivity contribution in [2.45, 2.75) is 34.1 Å². The van der Waals surface area contributed by atoms with Crippen LogP contribution in [0.15, 0.2) is 6.33 Å². The Morgan fingerprint density at radius 1 is 1.30 bits per heavy atom. The van der Waals surface area contributed by atoms with E-state index in [1.54, 1.807) is 17.7 Å². The molecule has 0 aliphatic rings. The molecule has 2 aromatic rings. The molecule has 0 atom stereocenters. The molecule has 0 aliphatic heterocycles. The minimum Gasteiger partial charge on any atom is -0.356 e. The first-order valence-corrected chi connectivity index (χ1v) is 8.02. The third-order valence-corrected chi connectivity index (χ3v) is 4.58. The molecule has 5 heteroatoms. The van der Waals surface area contributed by atoms with Crippen LogP contribution in [0.1, 0.15) is 30.7 Å². The fourth-order valence-corrected chi connectivity index (χ4v) is 3.40. The summed E-state index contributed by atoms with van der Waals surface area (Å²) >= 11 is 1.75. The molecule has 2 rings (SSSR count). The van der Waals surface area contributed by atoms with Crippen molar-refractivity contribution in [2.75, 3.05) is 24.5 Å². The Hall–Kier alpha value is -1.20. The maximum atomic E-state index is 5.67. The van der Waals surface area contributed by atoms with Crippen molar-refractivity contribution in [1.29, 1.82) is 0 Å². The summed E-state index contributed by atoms with van der Waals surface area (Å²) in [7, 11) is 0. The Bertz CT molecular complexity index is 577. The smallest absolute Gasteiger partial charge is 0.141 e. The van der Waals surface area contributed by atoms with E-state index in [1.807, 2.05) is 0 Å². The molecule has 4 nitrogen and oxygen atoms in total. The molecule has 2 heterocycles. The average Bonchev–Trinajstić information content (AvgIpc) is 2.70. The molecule has 0 saturated heterocycles. The first-order chi connectivity index (χ1) is 9.54. The first-order valence-electron chi connectivity index (χ1n) is 7.20. The molecule has 2 N–H and O–H groups in total. The fraction of sp³-hybridized carbons (Fsp3) is 0.600. The summed E-state index contributed by atoms with van der Waals surface area (Å²) < 4.78 is 0. The number of aryl methyl sites for hydroxylation is 2. The van der Waals surface area contributed by atoms with Gasteiger partial charge in [0.2, 0.25) is 0 Å². The van der Waals surface area contributed by atoms with Gasteiger partial charge in [0.05, 0.1) is 5.39 Å². The van der Waals surface area contributed by atoms with E-state index in [0.717, 1.165) is 30.2 Å². The topological polar surface area (TPSA) is 55.0 Å². The van der Waals surface area contributed by atoms with Gasteiger partial charge in [-0.15, -0.1) is 11.3 Å². The number of nitrogens with two attached hydrogens (primary N) is 1. The number of anilines is 1. The molecular weight excluding hydrogens is 268 g/mol. The molecule has 110 valence electrons.